The van der Waals surface area contributed by atoms with Crippen molar-refractivity contribution >= 4 is 50.5 Å². The Bertz CT molecular complexity index is 1230. The van der Waals surface area contributed by atoms with Gasteiger partial charge in [0, 0.05) is 50.7 Å². The van der Waals surface area contributed by atoms with E-state index in [9.17, 15) is 9.59 Å². The Morgan fingerprint density at radius 2 is 1.97 bits per heavy atom. The summed E-state index contributed by atoms with van der Waals surface area (Å²) in [6, 6.07) is 3.97. The number of hydrogen-bond acceptors (Lipinski definition) is 9. The van der Waals surface area contributed by atoms with Crippen LogP contribution in [0.1, 0.15) is 10.4 Å². The van der Waals surface area contributed by atoms with E-state index >= 15 is 0 Å². The minimum Gasteiger partial charge on any atom is -0.324 e. The highest BCUT2D eigenvalue weighted by Crippen LogP contribution is 2.39. The van der Waals surface area contributed by atoms with Crippen LogP contribution in [0.15, 0.2) is 29.3 Å². The molecule has 3 aromatic rings. The van der Waals surface area contributed by atoms with Crippen molar-refractivity contribution in [2.75, 3.05) is 45.2 Å². The number of likely N-dealkylation sites (N-methyl/N-ethyl adjacent to an activating group) is 2. The normalized spacial score (nSPS) is 17.8. The van der Waals surface area contributed by atoms with Gasteiger partial charge >= 0.3 is 0 Å². The van der Waals surface area contributed by atoms with Crippen LogP contribution < -0.4 is 10.2 Å². The number of rotatable bonds is 5. The van der Waals surface area contributed by atoms with Crippen LogP contribution in [-0.4, -0.2) is 71.9 Å². The van der Waals surface area contributed by atoms with Gasteiger partial charge in [-0.15, -0.1) is 22.7 Å². The molecule has 0 spiro atoms. The summed E-state index contributed by atoms with van der Waals surface area (Å²) in [5, 5.41) is 5.26. The van der Waals surface area contributed by atoms with Gasteiger partial charge in [0.1, 0.15) is 16.3 Å². The van der Waals surface area contributed by atoms with Crippen LogP contribution in [-0.2, 0) is 16.1 Å². The second kappa shape index (κ2) is 8.36. The third-order valence-electron chi connectivity index (χ3n) is 5.99. The van der Waals surface area contributed by atoms with Crippen LogP contribution in [0.2, 0.25) is 0 Å². The van der Waals surface area contributed by atoms with Crippen LogP contribution in [0.5, 0.6) is 0 Å². The quantitative estimate of drug-likeness (QED) is 0.576. The molecule has 0 bridgehead atoms. The van der Waals surface area contributed by atoms with Gasteiger partial charge in [-0.25, -0.2) is 9.97 Å². The Morgan fingerprint density at radius 3 is 2.62 bits per heavy atom. The predicted molar refractivity (Wildman–Crippen MR) is 128 cm³/mol. The zero-order valence-corrected chi connectivity index (χ0v) is 19.8. The monoisotopic (exact) mass is 468 g/mol. The Labute approximate surface area is 194 Å². The molecule has 2 amide bonds. The Hall–Kier alpha value is -2.66. The number of carbonyl (C=O) groups excluding carboxylic acids is 2. The fraction of sp³-hybridized carbons (Fsp3) is 0.364. The SMILES string of the molecule is Cc1c(CN2CCN(C)CC2)sc2nc(-c3cccs3)nc(N(C)C3=CC(=O)NC3=O)c12. The smallest absolute Gasteiger partial charge is 0.274 e. The minimum atomic E-state index is -0.410. The minimum absolute atomic E-state index is 0.290. The van der Waals surface area contributed by atoms with Crippen LogP contribution in [0.4, 0.5) is 5.82 Å². The van der Waals surface area contributed by atoms with Crippen molar-refractivity contribution in [2.24, 2.45) is 0 Å². The summed E-state index contributed by atoms with van der Waals surface area (Å²) in [5.41, 5.74) is 1.42. The molecule has 166 valence electrons. The number of carbonyl (C=O) groups is 2. The lowest BCUT2D eigenvalue weighted by Gasteiger charge is -2.32. The number of piperazine rings is 1. The molecule has 0 saturated carbocycles. The van der Waals surface area contributed by atoms with Gasteiger partial charge in [-0.1, -0.05) is 6.07 Å². The first-order valence-electron chi connectivity index (χ1n) is 10.5. The average molecular weight is 469 g/mol. The first-order valence-corrected chi connectivity index (χ1v) is 12.2. The van der Waals surface area contributed by atoms with E-state index in [0.717, 1.165) is 53.4 Å². The van der Waals surface area contributed by atoms with Crippen molar-refractivity contribution in [3.05, 3.63) is 39.7 Å². The summed E-state index contributed by atoms with van der Waals surface area (Å²) in [7, 11) is 3.94. The van der Waals surface area contributed by atoms with Crippen molar-refractivity contribution in [2.45, 2.75) is 13.5 Å². The summed E-state index contributed by atoms with van der Waals surface area (Å²) >= 11 is 3.27. The van der Waals surface area contributed by atoms with Crippen molar-refractivity contribution in [3.63, 3.8) is 0 Å². The second-order valence-electron chi connectivity index (χ2n) is 8.16. The fourth-order valence-electron chi connectivity index (χ4n) is 4.05. The van der Waals surface area contributed by atoms with E-state index in [1.165, 1.54) is 11.0 Å². The Balaban J connectivity index is 1.60. The lowest BCUT2D eigenvalue weighted by atomic mass is 10.1. The zero-order chi connectivity index (χ0) is 22.4. The lowest BCUT2D eigenvalue weighted by molar-refractivity contribution is -0.123. The van der Waals surface area contributed by atoms with E-state index in [4.69, 9.17) is 9.97 Å². The maximum atomic E-state index is 12.3. The predicted octanol–water partition coefficient (Wildman–Crippen LogP) is 2.45. The molecule has 8 nitrogen and oxygen atoms in total. The standard InChI is InChI=1S/C22H24N6O2S2/c1-13-16(12-28-8-6-26(2)7-9-28)32-22-18(13)20(24-19(25-22)15-5-4-10-31-15)27(3)14-11-17(29)23-21(14)30/h4-5,10-11H,6-9,12H2,1-3H3,(H,23,29,30). The van der Waals surface area contributed by atoms with Crippen molar-refractivity contribution < 1.29 is 9.59 Å². The molecular weight excluding hydrogens is 444 g/mol. The number of thiophene rings is 2. The van der Waals surface area contributed by atoms with Gasteiger partial charge in [-0.2, -0.15) is 0 Å². The summed E-state index contributed by atoms with van der Waals surface area (Å²) in [4.78, 5) is 43.5. The molecule has 0 aromatic carbocycles. The Kier molecular flexibility index (Phi) is 5.54. The van der Waals surface area contributed by atoms with E-state index in [1.54, 1.807) is 34.6 Å². The summed E-state index contributed by atoms with van der Waals surface area (Å²) < 4.78 is 0. The van der Waals surface area contributed by atoms with Gasteiger partial charge < -0.3 is 9.80 Å². The molecule has 0 unspecified atom stereocenters. The van der Waals surface area contributed by atoms with Gasteiger partial charge in [-0.05, 0) is 31.0 Å². The number of nitrogens with one attached hydrogen (secondary N) is 1. The zero-order valence-electron chi connectivity index (χ0n) is 18.2. The molecule has 1 N–H and O–H groups in total. The fourth-order valence-corrected chi connectivity index (χ4v) is 5.92. The molecule has 0 aliphatic carbocycles. The number of aryl methyl sites for hydroxylation is 1. The molecule has 10 heteroatoms. The summed E-state index contributed by atoms with van der Waals surface area (Å²) in [6.07, 6.45) is 1.33. The number of aromatic nitrogens is 2. The van der Waals surface area contributed by atoms with E-state index in [0.29, 0.717) is 17.3 Å². The molecule has 5 heterocycles. The van der Waals surface area contributed by atoms with Gasteiger partial charge in [0.05, 0.1) is 10.3 Å². The molecular formula is C22H24N6O2S2. The highest BCUT2D eigenvalue weighted by Gasteiger charge is 2.29. The number of imide groups is 1. The van der Waals surface area contributed by atoms with Gasteiger partial charge in [0.25, 0.3) is 11.8 Å². The molecule has 3 aromatic heterocycles. The van der Waals surface area contributed by atoms with Crippen LogP contribution in [0.25, 0.3) is 20.9 Å². The van der Waals surface area contributed by atoms with E-state index in [2.05, 4.69) is 29.1 Å². The largest absolute Gasteiger partial charge is 0.324 e. The lowest BCUT2D eigenvalue weighted by Crippen LogP contribution is -2.43. The van der Waals surface area contributed by atoms with Crippen molar-refractivity contribution in [1.82, 2.24) is 25.1 Å². The third kappa shape index (κ3) is 3.83. The third-order valence-corrected chi connectivity index (χ3v) is 8.03. The summed E-state index contributed by atoms with van der Waals surface area (Å²) in [5.74, 6) is 0.464. The second-order valence-corrected chi connectivity index (χ2v) is 10.2. The maximum Gasteiger partial charge on any atom is 0.274 e. The van der Waals surface area contributed by atoms with Crippen LogP contribution in [0.3, 0.4) is 0 Å². The van der Waals surface area contributed by atoms with Crippen molar-refractivity contribution in [1.29, 1.82) is 0 Å². The number of anilines is 1. The molecule has 32 heavy (non-hydrogen) atoms. The van der Waals surface area contributed by atoms with Crippen molar-refractivity contribution in [3.8, 4) is 10.7 Å². The maximum absolute atomic E-state index is 12.3. The topological polar surface area (TPSA) is 81.7 Å². The van der Waals surface area contributed by atoms with Gasteiger partial charge in [-0.3, -0.25) is 19.8 Å². The number of nitrogens with zero attached hydrogens (tertiary/aromatic N) is 5. The molecule has 0 atom stereocenters. The van der Waals surface area contributed by atoms with Crippen LogP contribution in [0, 0.1) is 6.92 Å². The molecule has 2 aliphatic heterocycles. The first-order chi connectivity index (χ1) is 15.4. The number of hydrogen-bond donors (Lipinski definition) is 1. The van der Waals surface area contributed by atoms with Gasteiger partial charge in [0.2, 0.25) is 0 Å². The molecule has 5 rings (SSSR count). The Morgan fingerprint density at radius 1 is 1.19 bits per heavy atom. The highest BCUT2D eigenvalue weighted by molar-refractivity contribution is 7.19. The van der Waals surface area contributed by atoms with E-state index < -0.39 is 11.8 Å². The molecule has 1 saturated heterocycles. The highest BCUT2D eigenvalue weighted by atomic mass is 32.1. The number of amides is 2. The number of fused-ring (bicyclic) bond motifs is 1. The van der Waals surface area contributed by atoms with E-state index in [-0.39, 0.29) is 0 Å². The van der Waals surface area contributed by atoms with Crippen LogP contribution >= 0.6 is 22.7 Å². The van der Waals surface area contributed by atoms with Gasteiger partial charge in [0.15, 0.2) is 5.82 Å². The first kappa shape index (κ1) is 21.2. The average Bonchev–Trinajstić information content (AvgIpc) is 3.49. The molecule has 1 fully saturated rings. The van der Waals surface area contributed by atoms with E-state index in [1.807, 2.05) is 17.5 Å². The molecule has 0 radical (unpaired) electrons. The summed E-state index contributed by atoms with van der Waals surface area (Å²) in [6.45, 7) is 7.19. The molecule has 2 aliphatic rings.